The van der Waals surface area contributed by atoms with Crippen molar-refractivity contribution in [3.8, 4) is 0 Å². The minimum absolute atomic E-state index is 0.385. The Kier molecular flexibility index (Phi) is 3.96. The molecule has 0 atom stereocenters. The zero-order valence-electron chi connectivity index (χ0n) is 13.4. The van der Waals surface area contributed by atoms with Gasteiger partial charge in [0.25, 0.3) is 0 Å². The summed E-state index contributed by atoms with van der Waals surface area (Å²) in [5.74, 6) is 1.35. The molecule has 3 aromatic rings. The second-order valence-electron chi connectivity index (χ2n) is 5.77. The SMILES string of the molecule is CN(Cc1ccccc1)c1nc2nonc2nc1N1CCCCO1. The van der Waals surface area contributed by atoms with E-state index in [2.05, 4.69) is 32.4 Å². The van der Waals surface area contributed by atoms with Crippen LogP contribution >= 0.6 is 0 Å². The Balaban J connectivity index is 1.71. The van der Waals surface area contributed by atoms with Crippen LogP contribution in [0.1, 0.15) is 18.4 Å². The first-order valence-electron chi connectivity index (χ1n) is 7.97. The minimum Gasteiger partial charge on any atom is -0.352 e. The number of hydroxylamine groups is 1. The van der Waals surface area contributed by atoms with E-state index in [4.69, 9.17) is 9.47 Å². The lowest BCUT2D eigenvalue weighted by atomic mass is 10.2. The minimum atomic E-state index is 0.385. The van der Waals surface area contributed by atoms with Gasteiger partial charge in [0.05, 0.1) is 6.61 Å². The largest absolute Gasteiger partial charge is 0.352 e. The van der Waals surface area contributed by atoms with Crippen molar-refractivity contribution in [2.75, 3.05) is 30.2 Å². The molecule has 1 fully saturated rings. The number of hydrogen-bond acceptors (Lipinski definition) is 8. The third-order valence-electron chi connectivity index (χ3n) is 3.94. The Morgan fingerprint density at radius 1 is 1.08 bits per heavy atom. The van der Waals surface area contributed by atoms with Gasteiger partial charge in [-0.2, -0.15) is 4.98 Å². The first-order valence-corrected chi connectivity index (χ1v) is 7.97. The predicted molar refractivity (Wildman–Crippen MR) is 88.5 cm³/mol. The molecule has 3 heterocycles. The van der Waals surface area contributed by atoms with Crippen molar-refractivity contribution in [2.45, 2.75) is 19.4 Å². The Morgan fingerprint density at radius 2 is 1.88 bits per heavy atom. The molecule has 0 N–H and O–H groups in total. The molecule has 1 aliphatic heterocycles. The molecule has 8 nitrogen and oxygen atoms in total. The molecular formula is C16H18N6O2. The van der Waals surface area contributed by atoms with Gasteiger partial charge in [0, 0.05) is 20.1 Å². The van der Waals surface area contributed by atoms with Crippen LogP contribution in [0.5, 0.6) is 0 Å². The highest BCUT2D eigenvalue weighted by molar-refractivity contribution is 5.74. The number of anilines is 2. The van der Waals surface area contributed by atoms with Crippen LogP contribution in [0.4, 0.5) is 11.6 Å². The van der Waals surface area contributed by atoms with E-state index in [9.17, 15) is 0 Å². The summed E-state index contributed by atoms with van der Waals surface area (Å²) in [6.07, 6.45) is 2.10. The second kappa shape index (κ2) is 6.40. The molecule has 0 amide bonds. The monoisotopic (exact) mass is 326 g/mol. The zero-order chi connectivity index (χ0) is 16.4. The highest BCUT2D eigenvalue weighted by Gasteiger charge is 2.23. The maximum absolute atomic E-state index is 5.76. The number of fused-ring (bicyclic) bond motifs is 1. The summed E-state index contributed by atoms with van der Waals surface area (Å²) in [6, 6.07) is 10.2. The molecule has 0 aliphatic carbocycles. The van der Waals surface area contributed by atoms with Gasteiger partial charge in [-0.25, -0.2) is 14.7 Å². The average Bonchev–Trinajstić information content (AvgIpc) is 3.10. The number of benzene rings is 1. The fraction of sp³-hybridized carbons (Fsp3) is 0.375. The lowest BCUT2D eigenvalue weighted by molar-refractivity contribution is 0.0763. The van der Waals surface area contributed by atoms with Gasteiger partial charge in [-0.15, -0.1) is 0 Å². The summed E-state index contributed by atoms with van der Waals surface area (Å²) in [6.45, 7) is 2.16. The van der Waals surface area contributed by atoms with Gasteiger partial charge in [-0.1, -0.05) is 30.3 Å². The van der Waals surface area contributed by atoms with E-state index in [0.717, 1.165) is 19.4 Å². The van der Waals surface area contributed by atoms with Crippen LogP contribution in [0, 0.1) is 0 Å². The molecule has 4 rings (SSSR count). The van der Waals surface area contributed by atoms with Crippen LogP contribution in [0.3, 0.4) is 0 Å². The van der Waals surface area contributed by atoms with Crippen LogP contribution < -0.4 is 9.96 Å². The zero-order valence-corrected chi connectivity index (χ0v) is 13.4. The average molecular weight is 326 g/mol. The molecule has 24 heavy (non-hydrogen) atoms. The Hall–Kier alpha value is -2.74. The van der Waals surface area contributed by atoms with E-state index in [1.54, 1.807) is 5.06 Å². The molecule has 1 saturated heterocycles. The molecule has 0 saturated carbocycles. The van der Waals surface area contributed by atoms with Gasteiger partial charge in [0.1, 0.15) is 0 Å². The van der Waals surface area contributed by atoms with Gasteiger partial charge in [-0.05, 0) is 28.7 Å². The number of hydrogen-bond donors (Lipinski definition) is 0. The normalized spacial score (nSPS) is 15.0. The van der Waals surface area contributed by atoms with Gasteiger partial charge in [0.15, 0.2) is 11.6 Å². The van der Waals surface area contributed by atoms with Gasteiger partial charge in [-0.3, -0.25) is 4.84 Å². The number of rotatable bonds is 4. The maximum Gasteiger partial charge on any atom is 0.245 e. The summed E-state index contributed by atoms with van der Waals surface area (Å²) in [4.78, 5) is 16.9. The molecule has 8 heteroatoms. The molecule has 124 valence electrons. The number of aromatic nitrogens is 4. The van der Waals surface area contributed by atoms with Crippen LogP contribution in [0.2, 0.25) is 0 Å². The van der Waals surface area contributed by atoms with Crippen molar-refractivity contribution in [1.29, 1.82) is 0 Å². The van der Waals surface area contributed by atoms with Crippen molar-refractivity contribution >= 4 is 22.9 Å². The molecule has 1 aromatic carbocycles. The maximum atomic E-state index is 5.76. The Morgan fingerprint density at radius 3 is 2.62 bits per heavy atom. The molecule has 2 aromatic heterocycles. The van der Waals surface area contributed by atoms with Crippen LogP contribution in [-0.2, 0) is 11.4 Å². The van der Waals surface area contributed by atoms with Crippen LogP contribution in [0.15, 0.2) is 35.0 Å². The fourth-order valence-electron chi connectivity index (χ4n) is 2.74. The lowest BCUT2D eigenvalue weighted by Crippen LogP contribution is -2.33. The molecule has 0 unspecified atom stereocenters. The number of nitrogens with zero attached hydrogens (tertiary/aromatic N) is 6. The van der Waals surface area contributed by atoms with E-state index >= 15 is 0 Å². The van der Waals surface area contributed by atoms with E-state index in [-0.39, 0.29) is 0 Å². The van der Waals surface area contributed by atoms with Gasteiger partial charge < -0.3 is 4.90 Å². The summed E-state index contributed by atoms with van der Waals surface area (Å²) in [5.41, 5.74) is 1.97. The van der Waals surface area contributed by atoms with E-state index in [0.29, 0.717) is 36.1 Å². The second-order valence-corrected chi connectivity index (χ2v) is 5.77. The molecule has 0 spiro atoms. The smallest absolute Gasteiger partial charge is 0.245 e. The van der Waals surface area contributed by atoms with Crippen LogP contribution in [0.25, 0.3) is 11.3 Å². The third kappa shape index (κ3) is 2.88. The van der Waals surface area contributed by atoms with E-state index < -0.39 is 0 Å². The third-order valence-corrected chi connectivity index (χ3v) is 3.94. The lowest BCUT2D eigenvalue weighted by Gasteiger charge is -2.30. The molecule has 0 bridgehead atoms. The van der Waals surface area contributed by atoms with Gasteiger partial charge in [0.2, 0.25) is 11.3 Å². The molecule has 0 radical (unpaired) electrons. The van der Waals surface area contributed by atoms with Crippen molar-refractivity contribution in [3.05, 3.63) is 35.9 Å². The standard InChI is InChI=1S/C16H18N6O2/c1-21(11-12-7-3-2-4-8-12)15-16(22-9-5-6-10-23-22)18-14-13(17-15)19-24-20-14/h2-4,7-8H,5-6,9-11H2,1H3. The predicted octanol–water partition coefficient (Wildman–Crippen LogP) is 2.18. The van der Waals surface area contributed by atoms with Gasteiger partial charge >= 0.3 is 0 Å². The quantitative estimate of drug-likeness (QED) is 0.722. The summed E-state index contributed by atoms with van der Waals surface area (Å²) in [5, 5.41) is 9.40. The summed E-state index contributed by atoms with van der Waals surface area (Å²) < 4.78 is 4.76. The highest BCUT2D eigenvalue weighted by Crippen LogP contribution is 2.29. The molecule has 1 aliphatic rings. The molecular weight excluding hydrogens is 308 g/mol. The van der Waals surface area contributed by atoms with Crippen molar-refractivity contribution in [1.82, 2.24) is 20.3 Å². The fourth-order valence-corrected chi connectivity index (χ4v) is 2.74. The van der Waals surface area contributed by atoms with E-state index in [1.165, 1.54) is 5.56 Å². The summed E-state index contributed by atoms with van der Waals surface area (Å²) in [7, 11) is 1.98. The highest BCUT2D eigenvalue weighted by atomic mass is 16.7. The van der Waals surface area contributed by atoms with Crippen molar-refractivity contribution in [2.24, 2.45) is 0 Å². The van der Waals surface area contributed by atoms with E-state index in [1.807, 2.05) is 30.1 Å². The van der Waals surface area contributed by atoms with Crippen LogP contribution in [-0.4, -0.2) is 40.5 Å². The Bertz CT molecular complexity index is 816. The topological polar surface area (TPSA) is 80.4 Å². The van der Waals surface area contributed by atoms with Crippen molar-refractivity contribution in [3.63, 3.8) is 0 Å². The first-order chi connectivity index (χ1) is 11.8. The summed E-state index contributed by atoms with van der Waals surface area (Å²) >= 11 is 0. The van der Waals surface area contributed by atoms with Crippen molar-refractivity contribution < 1.29 is 9.47 Å². The first kappa shape index (κ1) is 14.8. The Labute approximate surface area is 139 Å².